The van der Waals surface area contributed by atoms with Gasteiger partial charge in [-0.2, -0.15) is 0 Å². The van der Waals surface area contributed by atoms with Crippen LogP contribution in [0.25, 0.3) is 6.08 Å². The van der Waals surface area contributed by atoms with Crippen molar-refractivity contribution in [2.24, 2.45) is 0 Å². The summed E-state index contributed by atoms with van der Waals surface area (Å²) in [6.07, 6.45) is 9.00. The van der Waals surface area contributed by atoms with Crippen molar-refractivity contribution < 1.29 is 13.2 Å². The van der Waals surface area contributed by atoms with Crippen molar-refractivity contribution >= 4 is 39.2 Å². The van der Waals surface area contributed by atoms with Gasteiger partial charge >= 0.3 is 6.03 Å². The van der Waals surface area contributed by atoms with Crippen molar-refractivity contribution in [1.29, 1.82) is 0 Å². The smallest absolute Gasteiger partial charge is 0.307 e. The van der Waals surface area contributed by atoms with Crippen LogP contribution in [0.5, 0.6) is 0 Å². The third-order valence-electron chi connectivity index (χ3n) is 4.79. The molecule has 1 heterocycles. The molecule has 0 unspecified atom stereocenters. The van der Waals surface area contributed by atoms with Gasteiger partial charge in [0, 0.05) is 17.3 Å². The van der Waals surface area contributed by atoms with Gasteiger partial charge in [0.25, 0.3) is 10.0 Å². The van der Waals surface area contributed by atoms with Crippen LogP contribution in [0.3, 0.4) is 0 Å². The number of thiazole rings is 1. The number of fused-ring (bicyclic) bond motifs is 2. The molecule has 0 atom stereocenters. The molecule has 0 aliphatic heterocycles. The quantitative estimate of drug-likeness (QED) is 0.840. The van der Waals surface area contributed by atoms with E-state index in [0.717, 1.165) is 60.7 Å². The fourth-order valence-corrected chi connectivity index (χ4v) is 5.04. The Morgan fingerprint density at radius 3 is 2.42 bits per heavy atom. The molecule has 2 aromatic rings. The Morgan fingerprint density at radius 2 is 1.81 bits per heavy atom. The van der Waals surface area contributed by atoms with Gasteiger partial charge in [-0.1, -0.05) is 6.07 Å². The molecule has 0 bridgehead atoms. The number of sulfonamides is 1. The number of aryl methyl sites for hydroxylation is 2. The van der Waals surface area contributed by atoms with E-state index in [-0.39, 0.29) is 0 Å². The number of nitrogens with one attached hydrogen (secondary N) is 2. The number of hydrogen-bond donors (Lipinski definition) is 2. The molecule has 1 aromatic carbocycles. The van der Waals surface area contributed by atoms with Gasteiger partial charge in [-0.3, -0.25) is 0 Å². The van der Waals surface area contributed by atoms with Crippen molar-refractivity contribution in [3.05, 3.63) is 50.3 Å². The lowest BCUT2D eigenvalue weighted by Gasteiger charge is -2.16. The van der Waals surface area contributed by atoms with E-state index in [9.17, 15) is 13.2 Å². The van der Waals surface area contributed by atoms with Gasteiger partial charge in [0.05, 0.1) is 5.41 Å². The molecule has 136 valence electrons. The Morgan fingerprint density at radius 1 is 1.12 bits per heavy atom. The van der Waals surface area contributed by atoms with Crippen LogP contribution in [0.1, 0.15) is 40.1 Å². The Bertz CT molecular complexity index is 947. The van der Waals surface area contributed by atoms with Crippen molar-refractivity contribution in [3.63, 3.8) is 0 Å². The van der Waals surface area contributed by atoms with E-state index in [2.05, 4.69) is 21.1 Å². The molecule has 0 fully saturated rings. The van der Waals surface area contributed by atoms with Gasteiger partial charge in [-0.15, -0.1) is 11.3 Å². The van der Waals surface area contributed by atoms with E-state index in [1.165, 1.54) is 28.5 Å². The average molecular weight is 390 g/mol. The van der Waals surface area contributed by atoms with Crippen LogP contribution in [-0.2, 0) is 35.7 Å². The molecular weight excluding hydrogens is 370 g/mol. The van der Waals surface area contributed by atoms with Crippen molar-refractivity contribution in [2.75, 3.05) is 5.32 Å². The predicted octanol–water partition coefficient (Wildman–Crippen LogP) is 3.24. The summed E-state index contributed by atoms with van der Waals surface area (Å²) in [6, 6.07) is 1.55. The summed E-state index contributed by atoms with van der Waals surface area (Å²) in [5.41, 5.74) is 5.72. The van der Waals surface area contributed by atoms with Crippen molar-refractivity contribution in [3.8, 4) is 0 Å². The molecule has 2 amide bonds. The predicted molar refractivity (Wildman–Crippen MR) is 103 cm³/mol. The second-order valence-electron chi connectivity index (χ2n) is 6.51. The van der Waals surface area contributed by atoms with E-state index in [1.807, 2.05) is 0 Å². The first kappa shape index (κ1) is 17.2. The fraction of sp³-hybridized carbons (Fsp3) is 0.333. The van der Waals surface area contributed by atoms with Gasteiger partial charge in [0.1, 0.15) is 5.01 Å². The molecule has 2 N–H and O–H groups in total. The number of aromatic nitrogens is 1. The SMILES string of the molecule is O=C(Nc1c2c(cc3c1CCC3)CCC2)NS(=O)(=O)/C=C/c1nccs1. The second-order valence-corrected chi connectivity index (χ2v) is 9.00. The van der Waals surface area contributed by atoms with Crippen LogP contribution in [0.15, 0.2) is 23.1 Å². The maximum absolute atomic E-state index is 12.3. The summed E-state index contributed by atoms with van der Waals surface area (Å²) in [5.74, 6) is 0. The highest BCUT2D eigenvalue weighted by Crippen LogP contribution is 2.38. The molecule has 6 nitrogen and oxygen atoms in total. The number of benzene rings is 1. The number of nitrogens with zero attached hydrogens (tertiary/aromatic N) is 1. The summed E-state index contributed by atoms with van der Waals surface area (Å²) >= 11 is 1.32. The number of urea groups is 1. The summed E-state index contributed by atoms with van der Waals surface area (Å²) in [4.78, 5) is 16.3. The zero-order chi connectivity index (χ0) is 18.1. The van der Waals surface area contributed by atoms with Crippen LogP contribution < -0.4 is 10.0 Å². The Labute approximate surface area is 156 Å². The number of rotatable bonds is 4. The minimum absolute atomic E-state index is 0.564. The molecule has 2 aliphatic rings. The molecule has 0 saturated heterocycles. The normalized spacial score (nSPS) is 15.8. The fourth-order valence-electron chi connectivity index (χ4n) is 3.73. The van der Waals surface area contributed by atoms with E-state index >= 15 is 0 Å². The maximum atomic E-state index is 12.3. The van der Waals surface area contributed by atoms with Crippen LogP contribution in [-0.4, -0.2) is 19.4 Å². The molecule has 0 spiro atoms. The minimum atomic E-state index is -3.88. The Kier molecular flexibility index (Phi) is 4.54. The first-order valence-electron chi connectivity index (χ1n) is 8.60. The molecular formula is C18H19N3O3S2. The van der Waals surface area contributed by atoms with Crippen LogP contribution >= 0.6 is 11.3 Å². The average Bonchev–Trinajstić information content (AvgIpc) is 3.33. The molecule has 8 heteroatoms. The lowest BCUT2D eigenvalue weighted by molar-refractivity contribution is 0.256. The maximum Gasteiger partial charge on any atom is 0.333 e. The topological polar surface area (TPSA) is 88.2 Å². The first-order chi connectivity index (χ1) is 12.5. The molecule has 26 heavy (non-hydrogen) atoms. The summed E-state index contributed by atoms with van der Waals surface area (Å²) in [5, 5.41) is 6.10. The molecule has 0 saturated carbocycles. The number of hydrogen-bond acceptors (Lipinski definition) is 5. The Hall–Kier alpha value is -2.19. The van der Waals surface area contributed by atoms with Crippen molar-refractivity contribution in [2.45, 2.75) is 38.5 Å². The van der Waals surface area contributed by atoms with Gasteiger partial charge in [-0.05, 0) is 66.9 Å². The van der Waals surface area contributed by atoms with E-state index in [4.69, 9.17) is 0 Å². The zero-order valence-corrected chi connectivity index (χ0v) is 15.8. The highest BCUT2D eigenvalue weighted by molar-refractivity contribution is 7.93. The van der Waals surface area contributed by atoms with E-state index < -0.39 is 16.1 Å². The molecule has 0 radical (unpaired) electrons. The summed E-state index contributed by atoms with van der Waals surface area (Å²) in [7, 11) is -3.88. The van der Waals surface area contributed by atoms with Crippen LogP contribution in [0.4, 0.5) is 10.5 Å². The third kappa shape index (κ3) is 3.52. The van der Waals surface area contributed by atoms with Crippen LogP contribution in [0, 0.1) is 0 Å². The highest BCUT2D eigenvalue weighted by Gasteiger charge is 2.25. The third-order valence-corrected chi connectivity index (χ3v) is 6.49. The molecule has 2 aliphatic carbocycles. The van der Waals surface area contributed by atoms with Crippen molar-refractivity contribution in [1.82, 2.24) is 9.71 Å². The van der Waals surface area contributed by atoms with E-state index in [1.54, 1.807) is 11.6 Å². The largest absolute Gasteiger partial charge is 0.333 e. The van der Waals surface area contributed by atoms with Crippen LogP contribution in [0.2, 0.25) is 0 Å². The standard InChI is InChI=1S/C18H19N3O3S2/c22-18(21-26(23,24)10-7-16-19-8-9-25-16)20-17-14-5-1-3-12(14)11-13-4-2-6-15(13)17/h7-11H,1-6H2,(H2,20,21,22)/b10-7+. The first-order valence-corrected chi connectivity index (χ1v) is 11.0. The summed E-state index contributed by atoms with van der Waals surface area (Å²) in [6.45, 7) is 0. The summed E-state index contributed by atoms with van der Waals surface area (Å²) < 4.78 is 26.3. The van der Waals surface area contributed by atoms with E-state index in [0.29, 0.717) is 5.01 Å². The number of anilines is 1. The van der Waals surface area contributed by atoms with Gasteiger partial charge < -0.3 is 5.32 Å². The number of carbonyl (C=O) groups is 1. The van der Waals surface area contributed by atoms with Gasteiger partial charge in [0.2, 0.25) is 0 Å². The lowest BCUT2D eigenvalue weighted by Crippen LogP contribution is -2.33. The number of amides is 2. The molecule has 4 rings (SSSR count). The molecule has 1 aromatic heterocycles. The number of carbonyl (C=O) groups excluding carboxylic acids is 1. The lowest BCUT2D eigenvalue weighted by atomic mass is 9.99. The van der Waals surface area contributed by atoms with Gasteiger partial charge in [-0.25, -0.2) is 22.9 Å². The monoisotopic (exact) mass is 389 g/mol. The Balaban J connectivity index is 1.52. The van der Waals surface area contributed by atoms with Gasteiger partial charge in [0.15, 0.2) is 0 Å². The highest BCUT2D eigenvalue weighted by atomic mass is 32.2. The second kappa shape index (κ2) is 6.85. The minimum Gasteiger partial charge on any atom is -0.307 e. The zero-order valence-electron chi connectivity index (χ0n) is 14.1.